The van der Waals surface area contributed by atoms with Gasteiger partial charge in [-0.25, -0.2) is 4.39 Å². The van der Waals surface area contributed by atoms with E-state index in [2.05, 4.69) is 0 Å². The molecule has 2 rings (SSSR count). The summed E-state index contributed by atoms with van der Waals surface area (Å²) in [5.41, 5.74) is 2.07. The van der Waals surface area contributed by atoms with Crippen LogP contribution in [-0.2, 0) is 5.75 Å². The van der Waals surface area contributed by atoms with Crippen LogP contribution >= 0.6 is 23.4 Å². The lowest BCUT2D eigenvalue weighted by molar-refractivity contribution is 0.599. The first-order valence-corrected chi connectivity index (χ1v) is 6.65. The SMILES string of the molecule is Cc1cc(Cl)cc(F)c1SCc1ccccc1. The first-order valence-electron chi connectivity index (χ1n) is 5.29. The van der Waals surface area contributed by atoms with Gasteiger partial charge < -0.3 is 0 Å². The van der Waals surface area contributed by atoms with E-state index in [1.54, 1.807) is 6.07 Å². The maximum absolute atomic E-state index is 13.7. The third-order valence-corrected chi connectivity index (χ3v) is 3.92. The molecule has 0 aliphatic heterocycles. The Morgan fingerprint density at radius 1 is 1.18 bits per heavy atom. The van der Waals surface area contributed by atoms with E-state index in [0.717, 1.165) is 11.3 Å². The Bertz CT molecular complexity index is 488. The molecule has 17 heavy (non-hydrogen) atoms. The molecule has 0 aliphatic carbocycles. The van der Waals surface area contributed by atoms with Gasteiger partial charge in [-0.15, -0.1) is 11.8 Å². The van der Waals surface area contributed by atoms with Crippen molar-refractivity contribution >= 4 is 23.4 Å². The van der Waals surface area contributed by atoms with Crippen LogP contribution in [-0.4, -0.2) is 0 Å². The molecule has 0 unspecified atom stereocenters. The monoisotopic (exact) mass is 266 g/mol. The zero-order chi connectivity index (χ0) is 12.3. The Morgan fingerprint density at radius 3 is 2.53 bits per heavy atom. The Kier molecular flexibility index (Phi) is 4.08. The summed E-state index contributed by atoms with van der Waals surface area (Å²) in [6, 6.07) is 13.2. The van der Waals surface area contributed by atoms with Crippen LogP contribution < -0.4 is 0 Å². The molecule has 0 bridgehead atoms. The lowest BCUT2D eigenvalue weighted by Gasteiger charge is -2.07. The van der Waals surface area contributed by atoms with Crippen molar-refractivity contribution in [1.29, 1.82) is 0 Å². The number of halogens is 2. The quantitative estimate of drug-likeness (QED) is 0.698. The lowest BCUT2D eigenvalue weighted by Crippen LogP contribution is -1.88. The predicted octanol–water partition coefficient (Wildman–Crippen LogP) is 5.08. The molecule has 3 heteroatoms. The summed E-state index contributed by atoms with van der Waals surface area (Å²) >= 11 is 7.29. The molecular formula is C14H12ClFS. The minimum atomic E-state index is -0.240. The van der Waals surface area contributed by atoms with Crippen molar-refractivity contribution in [2.24, 2.45) is 0 Å². The molecule has 2 aromatic carbocycles. The van der Waals surface area contributed by atoms with Crippen molar-refractivity contribution in [1.82, 2.24) is 0 Å². The van der Waals surface area contributed by atoms with Gasteiger partial charge in [0, 0.05) is 15.7 Å². The summed E-state index contributed by atoms with van der Waals surface area (Å²) in [7, 11) is 0. The standard InChI is InChI=1S/C14H12ClFS/c1-10-7-12(15)8-13(16)14(10)17-9-11-5-3-2-4-6-11/h2-8H,9H2,1H3. The van der Waals surface area contributed by atoms with E-state index in [0.29, 0.717) is 9.92 Å². The molecule has 0 fully saturated rings. The van der Waals surface area contributed by atoms with Crippen molar-refractivity contribution in [3.05, 3.63) is 64.4 Å². The number of rotatable bonds is 3. The van der Waals surface area contributed by atoms with Gasteiger partial charge in [-0.05, 0) is 30.2 Å². The third-order valence-electron chi connectivity index (χ3n) is 2.42. The molecule has 0 saturated heterocycles. The minimum Gasteiger partial charge on any atom is -0.206 e. The van der Waals surface area contributed by atoms with Crippen LogP contribution in [0.2, 0.25) is 5.02 Å². The highest BCUT2D eigenvalue weighted by molar-refractivity contribution is 7.98. The van der Waals surface area contributed by atoms with E-state index in [1.165, 1.54) is 23.4 Å². The number of hydrogen-bond acceptors (Lipinski definition) is 1. The van der Waals surface area contributed by atoms with Gasteiger partial charge in [0.25, 0.3) is 0 Å². The van der Waals surface area contributed by atoms with Gasteiger partial charge >= 0.3 is 0 Å². The molecule has 2 aromatic rings. The van der Waals surface area contributed by atoms with Crippen LogP contribution in [0.5, 0.6) is 0 Å². The molecular weight excluding hydrogens is 255 g/mol. The van der Waals surface area contributed by atoms with Crippen molar-refractivity contribution in [3.63, 3.8) is 0 Å². The molecule has 0 N–H and O–H groups in total. The minimum absolute atomic E-state index is 0.240. The smallest absolute Gasteiger partial charge is 0.138 e. The van der Waals surface area contributed by atoms with E-state index in [-0.39, 0.29) is 5.82 Å². The van der Waals surface area contributed by atoms with E-state index < -0.39 is 0 Å². The first-order chi connectivity index (χ1) is 8.16. The molecule has 0 radical (unpaired) electrons. The Balaban J connectivity index is 2.15. The van der Waals surface area contributed by atoms with Crippen molar-refractivity contribution in [3.8, 4) is 0 Å². The van der Waals surface area contributed by atoms with Crippen molar-refractivity contribution in [2.75, 3.05) is 0 Å². The summed E-state index contributed by atoms with van der Waals surface area (Å²) in [4.78, 5) is 0.679. The fourth-order valence-corrected chi connectivity index (χ4v) is 2.85. The molecule has 0 saturated carbocycles. The van der Waals surface area contributed by atoms with E-state index in [4.69, 9.17) is 11.6 Å². The van der Waals surface area contributed by atoms with Crippen LogP contribution in [0.4, 0.5) is 4.39 Å². The average Bonchev–Trinajstić information content (AvgIpc) is 2.29. The Hall–Kier alpha value is -0.990. The van der Waals surface area contributed by atoms with E-state index >= 15 is 0 Å². The van der Waals surface area contributed by atoms with Crippen LogP contribution in [0.3, 0.4) is 0 Å². The van der Waals surface area contributed by atoms with Crippen LogP contribution in [0.25, 0.3) is 0 Å². The summed E-state index contributed by atoms with van der Waals surface area (Å²) in [5.74, 6) is 0.524. The Labute approximate surface area is 110 Å². The summed E-state index contributed by atoms with van der Waals surface area (Å²) in [6.45, 7) is 1.88. The summed E-state index contributed by atoms with van der Waals surface area (Å²) < 4.78 is 13.7. The number of hydrogen-bond donors (Lipinski definition) is 0. The zero-order valence-electron chi connectivity index (χ0n) is 9.41. The molecule has 0 amide bonds. The van der Waals surface area contributed by atoms with E-state index in [9.17, 15) is 4.39 Å². The molecule has 0 aliphatic rings. The largest absolute Gasteiger partial charge is 0.206 e. The predicted molar refractivity (Wildman–Crippen MR) is 72.2 cm³/mol. The summed E-state index contributed by atoms with van der Waals surface area (Å²) in [5, 5.41) is 0.448. The number of benzene rings is 2. The molecule has 0 atom stereocenters. The molecule has 88 valence electrons. The van der Waals surface area contributed by atoms with Gasteiger partial charge in [0.2, 0.25) is 0 Å². The van der Waals surface area contributed by atoms with Crippen molar-refractivity contribution < 1.29 is 4.39 Å². The molecule has 0 spiro atoms. The van der Waals surface area contributed by atoms with Crippen molar-refractivity contribution in [2.45, 2.75) is 17.6 Å². The highest BCUT2D eigenvalue weighted by atomic mass is 35.5. The zero-order valence-corrected chi connectivity index (χ0v) is 11.0. The third kappa shape index (κ3) is 3.24. The summed E-state index contributed by atoms with van der Waals surface area (Å²) in [6.07, 6.45) is 0. The maximum atomic E-state index is 13.7. The second-order valence-corrected chi connectivity index (χ2v) is 5.23. The first kappa shape index (κ1) is 12.5. The second-order valence-electron chi connectivity index (χ2n) is 3.81. The second kappa shape index (κ2) is 5.56. The average molecular weight is 267 g/mol. The topological polar surface area (TPSA) is 0 Å². The molecule has 0 nitrogen and oxygen atoms in total. The van der Waals surface area contributed by atoms with Gasteiger partial charge in [0.1, 0.15) is 5.82 Å². The van der Waals surface area contributed by atoms with E-state index in [1.807, 2.05) is 37.3 Å². The maximum Gasteiger partial charge on any atom is 0.138 e. The highest BCUT2D eigenvalue weighted by Gasteiger charge is 2.08. The molecule has 0 aromatic heterocycles. The van der Waals surface area contributed by atoms with Crippen LogP contribution in [0, 0.1) is 12.7 Å². The number of aryl methyl sites for hydroxylation is 1. The fraction of sp³-hybridized carbons (Fsp3) is 0.143. The van der Waals surface area contributed by atoms with Gasteiger partial charge in [0.15, 0.2) is 0 Å². The normalized spacial score (nSPS) is 10.5. The van der Waals surface area contributed by atoms with Crippen LogP contribution in [0.15, 0.2) is 47.4 Å². The van der Waals surface area contributed by atoms with Gasteiger partial charge in [-0.1, -0.05) is 41.9 Å². The fourth-order valence-electron chi connectivity index (χ4n) is 1.60. The lowest BCUT2D eigenvalue weighted by atomic mass is 10.2. The number of thioether (sulfide) groups is 1. The molecule has 0 heterocycles. The Morgan fingerprint density at radius 2 is 1.88 bits per heavy atom. The highest BCUT2D eigenvalue weighted by Crippen LogP contribution is 2.30. The van der Waals surface area contributed by atoms with Crippen LogP contribution in [0.1, 0.15) is 11.1 Å². The van der Waals surface area contributed by atoms with Gasteiger partial charge in [-0.2, -0.15) is 0 Å². The van der Waals surface area contributed by atoms with Gasteiger partial charge in [-0.3, -0.25) is 0 Å². The van der Waals surface area contributed by atoms with Gasteiger partial charge in [0.05, 0.1) is 0 Å².